The molecule has 0 aliphatic carbocycles. The highest BCUT2D eigenvalue weighted by Crippen LogP contribution is 2.33. The summed E-state index contributed by atoms with van der Waals surface area (Å²) in [7, 11) is 1.43. The van der Waals surface area contributed by atoms with Gasteiger partial charge in [-0.1, -0.05) is 12.1 Å². The largest absolute Gasteiger partial charge is 0.418 e. The highest BCUT2D eigenvalue weighted by Gasteiger charge is 2.36. The fourth-order valence-electron chi connectivity index (χ4n) is 1.74. The van der Waals surface area contributed by atoms with Crippen LogP contribution in [0.3, 0.4) is 0 Å². The molecule has 20 heavy (non-hydrogen) atoms. The standard InChI is InChI=1S/C13H10BrF3N2O/c1-19-6-8(9(7-19)13(15,16)17)12(20)18-11-5-3-2-4-10(11)14/h2-7H,1H3,(H,18,20). The van der Waals surface area contributed by atoms with E-state index in [1.54, 1.807) is 24.3 Å². The van der Waals surface area contributed by atoms with E-state index in [0.29, 0.717) is 10.2 Å². The average Bonchev–Trinajstić information content (AvgIpc) is 2.74. The number of anilines is 1. The molecule has 0 atom stereocenters. The van der Waals surface area contributed by atoms with Crippen molar-refractivity contribution >= 4 is 27.5 Å². The Labute approximate surface area is 121 Å². The first-order valence-corrected chi connectivity index (χ1v) is 6.37. The maximum Gasteiger partial charge on any atom is 0.418 e. The van der Waals surface area contributed by atoms with Crippen molar-refractivity contribution in [2.75, 3.05) is 5.32 Å². The molecule has 7 heteroatoms. The molecule has 0 saturated heterocycles. The zero-order valence-corrected chi connectivity index (χ0v) is 11.9. The van der Waals surface area contributed by atoms with E-state index in [1.807, 2.05) is 0 Å². The topological polar surface area (TPSA) is 34.0 Å². The molecule has 2 rings (SSSR count). The van der Waals surface area contributed by atoms with Crippen molar-refractivity contribution in [3.05, 3.63) is 52.3 Å². The summed E-state index contributed by atoms with van der Waals surface area (Å²) in [6.07, 6.45) is -2.54. The van der Waals surface area contributed by atoms with Gasteiger partial charge < -0.3 is 9.88 Å². The first kappa shape index (κ1) is 14.6. The van der Waals surface area contributed by atoms with Crippen molar-refractivity contribution in [2.45, 2.75) is 6.18 Å². The van der Waals surface area contributed by atoms with Crippen LogP contribution in [0.15, 0.2) is 41.1 Å². The van der Waals surface area contributed by atoms with Gasteiger partial charge >= 0.3 is 6.18 Å². The van der Waals surface area contributed by atoms with Gasteiger partial charge in [0, 0.05) is 23.9 Å². The maximum atomic E-state index is 12.8. The fourth-order valence-corrected chi connectivity index (χ4v) is 2.13. The van der Waals surface area contributed by atoms with Gasteiger partial charge in [-0.15, -0.1) is 0 Å². The minimum absolute atomic E-state index is 0.407. The van der Waals surface area contributed by atoms with Crippen molar-refractivity contribution in [2.24, 2.45) is 7.05 Å². The van der Waals surface area contributed by atoms with Gasteiger partial charge in [-0.05, 0) is 28.1 Å². The summed E-state index contributed by atoms with van der Waals surface area (Å²) in [6, 6.07) is 6.70. The third-order valence-corrected chi connectivity index (χ3v) is 3.32. The molecular formula is C13H10BrF3N2O. The van der Waals surface area contributed by atoms with Crippen LogP contribution in [-0.2, 0) is 13.2 Å². The summed E-state index contributed by atoms with van der Waals surface area (Å²) in [5, 5.41) is 2.45. The number of benzene rings is 1. The molecule has 0 saturated carbocycles. The molecule has 0 bridgehead atoms. The molecule has 1 heterocycles. The lowest BCUT2D eigenvalue weighted by molar-refractivity contribution is -0.137. The van der Waals surface area contributed by atoms with Crippen molar-refractivity contribution in [3.8, 4) is 0 Å². The molecule has 1 N–H and O–H groups in total. The third-order valence-electron chi connectivity index (χ3n) is 2.63. The van der Waals surface area contributed by atoms with Crippen LogP contribution in [0.25, 0.3) is 0 Å². The van der Waals surface area contributed by atoms with Crippen molar-refractivity contribution in [3.63, 3.8) is 0 Å². The van der Waals surface area contributed by atoms with E-state index in [1.165, 1.54) is 11.6 Å². The smallest absolute Gasteiger partial charge is 0.356 e. The fraction of sp³-hybridized carbons (Fsp3) is 0.154. The van der Waals surface area contributed by atoms with Gasteiger partial charge in [0.15, 0.2) is 0 Å². The number of aromatic nitrogens is 1. The van der Waals surface area contributed by atoms with E-state index >= 15 is 0 Å². The molecule has 0 radical (unpaired) electrons. The van der Waals surface area contributed by atoms with Crippen LogP contribution in [0.5, 0.6) is 0 Å². The van der Waals surface area contributed by atoms with Gasteiger partial charge in [-0.2, -0.15) is 13.2 Å². The molecule has 1 aromatic carbocycles. The number of carbonyl (C=O) groups is 1. The zero-order chi connectivity index (χ0) is 14.9. The summed E-state index contributed by atoms with van der Waals surface area (Å²) >= 11 is 3.22. The zero-order valence-electron chi connectivity index (χ0n) is 10.3. The van der Waals surface area contributed by atoms with Gasteiger partial charge in [0.2, 0.25) is 0 Å². The quantitative estimate of drug-likeness (QED) is 0.874. The lowest BCUT2D eigenvalue weighted by atomic mass is 10.2. The average molecular weight is 347 g/mol. The molecule has 3 nitrogen and oxygen atoms in total. The molecular weight excluding hydrogens is 337 g/mol. The van der Waals surface area contributed by atoms with E-state index in [4.69, 9.17) is 0 Å². The first-order chi connectivity index (χ1) is 9.29. The Kier molecular flexibility index (Phi) is 3.89. The monoisotopic (exact) mass is 346 g/mol. The Balaban J connectivity index is 2.33. The number of hydrogen-bond acceptors (Lipinski definition) is 1. The Morgan fingerprint density at radius 2 is 1.90 bits per heavy atom. The molecule has 0 aliphatic rings. The first-order valence-electron chi connectivity index (χ1n) is 5.58. The lowest BCUT2D eigenvalue weighted by Crippen LogP contribution is -2.17. The van der Waals surface area contributed by atoms with E-state index < -0.39 is 23.2 Å². The highest BCUT2D eigenvalue weighted by molar-refractivity contribution is 9.10. The number of rotatable bonds is 2. The molecule has 0 unspecified atom stereocenters. The number of nitrogens with one attached hydrogen (secondary N) is 1. The summed E-state index contributed by atoms with van der Waals surface area (Å²) in [6.45, 7) is 0. The molecule has 1 aromatic heterocycles. The third kappa shape index (κ3) is 3.04. The molecule has 106 valence electrons. The molecule has 0 aliphatic heterocycles. The minimum atomic E-state index is -4.57. The lowest BCUT2D eigenvalue weighted by Gasteiger charge is -2.09. The minimum Gasteiger partial charge on any atom is -0.356 e. The number of alkyl halides is 3. The van der Waals surface area contributed by atoms with Crippen LogP contribution < -0.4 is 5.32 Å². The van der Waals surface area contributed by atoms with Gasteiger partial charge in [0.1, 0.15) is 0 Å². The van der Waals surface area contributed by atoms with Crippen molar-refractivity contribution < 1.29 is 18.0 Å². The number of para-hydroxylation sites is 1. The van der Waals surface area contributed by atoms with Gasteiger partial charge in [0.05, 0.1) is 16.8 Å². The van der Waals surface area contributed by atoms with Crippen LogP contribution in [0.4, 0.5) is 18.9 Å². The summed E-state index contributed by atoms with van der Waals surface area (Å²) < 4.78 is 40.3. The predicted molar refractivity (Wildman–Crippen MR) is 72.5 cm³/mol. The number of amides is 1. The van der Waals surface area contributed by atoms with Crippen LogP contribution in [0.2, 0.25) is 0 Å². The summed E-state index contributed by atoms with van der Waals surface area (Å²) in [5.74, 6) is -0.801. The molecule has 2 aromatic rings. The molecule has 1 amide bonds. The Bertz CT molecular complexity index is 649. The number of aryl methyl sites for hydroxylation is 1. The van der Waals surface area contributed by atoms with Crippen molar-refractivity contribution in [1.82, 2.24) is 4.57 Å². The van der Waals surface area contributed by atoms with Gasteiger partial charge in [-0.25, -0.2) is 0 Å². The predicted octanol–water partition coefficient (Wildman–Crippen LogP) is 4.06. The number of hydrogen-bond donors (Lipinski definition) is 1. The van der Waals surface area contributed by atoms with Crippen LogP contribution in [0.1, 0.15) is 15.9 Å². The Morgan fingerprint density at radius 3 is 2.50 bits per heavy atom. The highest BCUT2D eigenvalue weighted by atomic mass is 79.9. The number of halogens is 4. The number of carbonyl (C=O) groups excluding carboxylic acids is 1. The van der Waals surface area contributed by atoms with E-state index in [0.717, 1.165) is 12.4 Å². The second-order valence-electron chi connectivity index (χ2n) is 4.18. The van der Waals surface area contributed by atoms with E-state index in [2.05, 4.69) is 21.2 Å². The summed E-state index contributed by atoms with van der Waals surface area (Å²) in [5.41, 5.74) is -0.949. The molecule has 0 fully saturated rings. The van der Waals surface area contributed by atoms with Crippen molar-refractivity contribution in [1.29, 1.82) is 0 Å². The number of nitrogens with zero attached hydrogens (tertiary/aromatic N) is 1. The molecule has 0 spiro atoms. The van der Waals surface area contributed by atoms with Crippen LogP contribution >= 0.6 is 15.9 Å². The maximum absolute atomic E-state index is 12.8. The van der Waals surface area contributed by atoms with E-state index in [9.17, 15) is 18.0 Å². The SMILES string of the molecule is Cn1cc(C(=O)Nc2ccccc2Br)c(C(F)(F)F)c1. The normalized spacial score (nSPS) is 11.4. The Morgan fingerprint density at radius 1 is 1.25 bits per heavy atom. The summed E-state index contributed by atoms with van der Waals surface area (Å²) in [4.78, 5) is 12.0. The van der Waals surface area contributed by atoms with Gasteiger partial charge in [-0.3, -0.25) is 4.79 Å². The second kappa shape index (κ2) is 5.32. The van der Waals surface area contributed by atoms with Gasteiger partial charge in [0.25, 0.3) is 5.91 Å². The van der Waals surface area contributed by atoms with Crippen LogP contribution in [0, 0.1) is 0 Å². The second-order valence-corrected chi connectivity index (χ2v) is 5.04. The Hall–Kier alpha value is -1.76. The van der Waals surface area contributed by atoms with Crippen LogP contribution in [-0.4, -0.2) is 10.5 Å². The van der Waals surface area contributed by atoms with E-state index in [-0.39, 0.29) is 0 Å².